The smallest absolute Gasteiger partial charge is 0.228 e. The number of piperidine rings is 1. The number of carbonyl (C=O) groups is 1. The zero-order valence-corrected chi connectivity index (χ0v) is 16.5. The van der Waals surface area contributed by atoms with Gasteiger partial charge in [0, 0.05) is 24.1 Å². The van der Waals surface area contributed by atoms with Crippen LogP contribution in [0.1, 0.15) is 24.4 Å². The highest BCUT2D eigenvalue weighted by molar-refractivity contribution is 5.93. The highest BCUT2D eigenvalue weighted by atomic mass is 19.1. The van der Waals surface area contributed by atoms with Gasteiger partial charge in [-0.15, -0.1) is 0 Å². The molecule has 0 unspecified atom stereocenters. The Kier molecular flexibility index (Phi) is 5.71. The average molecular weight is 392 g/mol. The molecule has 2 heterocycles. The molecule has 29 heavy (non-hydrogen) atoms. The summed E-state index contributed by atoms with van der Waals surface area (Å²) in [5.74, 6) is 0.689. The number of H-pyrrole nitrogens is 1. The van der Waals surface area contributed by atoms with Crippen LogP contribution in [0.15, 0.2) is 54.7 Å². The zero-order chi connectivity index (χ0) is 20.2. The highest BCUT2D eigenvalue weighted by Crippen LogP contribution is 2.24. The van der Waals surface area contributed by atoms with E-state index in [4.69, 9.17) is 0 Å². The first-order valence-electron chi connectivity index (χ1n) is 9.96. The Balaban J connectivity index is 1.36. The maximum atomic E-state index is 13.4. The van der Waals surface area contributed by atoms with Crippen molar-refractivity contribution in [3.63, 3.8) is 0 Å². The van der Waals surface area contributed by atoms with Gasteiger partial charge in [0.1, 0.15) is 11.6 Å². The number of amides is 1. The maximum Gasteiger partial charge on any atom is 0.228 e. The molecule has 0 spiro atoms. The molecule has 0 bridgehead atoms. The fraction of sp³-hybridized carbons (Fsp3) is 0.304. The van der Waals surface area contributed by atoms with Crippen molar-refractivity contribution < 1.29 is 9.18 Å². The number of carbonyl (C=O) groups excluding carboxylic acids is 1. The van der Waals surface area contributed by atoms with Crippen LogP contribution in [0.2, 0.25) is 0 Å². The number of hydrogen-bond donors (Lipinski definition) is 2. The molecule has 1 fully saturated rings. The monoisotopic (exact) mass is 392 g/mol. The third-order valence-corrected chi connectivity index (χ3v) is 5.32. The predicted octanol–water partition coefficient (Wildman–Crippen LogP) is 4.37. The molecular weight excluding hydrogens is 367 g/mol. The number of aromatic amines is 1. The first-order chi connectivity index (χ1) is 14.1. The van der Waals surface area contributed by atoms with Gasteiger partial charge >= 0.3 is 0 Å². The SMILES string of the molecule is Cc1cnc(CN2CCC[C@@H](C(=O)Nc3ccc(-c4cccc(F)c4)cc3)C2)[nH]1. The van der Waals surface area contributed by atoms with Gasteiger partial charge in [-0.3, -0.25) is 9.69 Å². The van der Waals surface area contributed by atoms with Gasteiger partial charge < -0.3 is 10.3 Å². The van der Waals surface area contributed by atoms with Gasteiger partial charge in [0.05, 0.1) is 12.5 Å². The summed E-state index contributed by atoms with van der Waals surface area (Å²) >= 11 is 0. The second kappa shape index (κ2) is 8.57. The fourth-order valence-corrected chi connectivity index (χ4v) is 3.83. The lowest BCUT2D eigenvalue weighted by atomic mass is 9.97. The molecule has 3 aromatic rings. The third kappa shape index (κ3) is 4.90. The lowest BCUT2D eigenvalue weighted by Gasteiger charge is -2.31. The molecule has 1 aliphatic heterocycles. The summed E-state index contributed by atoms with van der Waals surface area (Å²) < 4.78 is 13.4. The summed E-state index contributed by atoms with van der Waals surface area (Å²) in [6.07, 6.45) is 3.72. The Hall–Kier alpha value is -2.99. The lowest BCUT2D eigenvalue weighted by molar-refractivity contribution is -0.121. The van der Waals surface area contributed by atoms with Crippen molar-refractivity contribution in [3.8, 4) is 11.1 Å². The molecule has 1 atom stereocenters. The van der Waals surface area contributed by atoms with Crippen LogP contribution in [0.4, 0.5) is 10.1 Å². The normalized spacial score (nSPS) is 17.2. The average Bonchev–Trinajstić information content (AvgIpc) is 3.13. The van der Waals surface area contributed by atoms with Gasteiger partial charge in [-0.1, -0.05) is 24.3 Å². The number of rotatable bonds is 5. The number of benzene rings is 2. The summed E-state index contributed by atoms with van der Waals surface area (Å²) in [7, 11) is 0. The van der Waals surface area contributed by atoms with Gasteiger partial charge in [-0.05, 0) is 61.7 Å². The van der Waals surface area contributed by atoms with Crippen molar-refractivity contribution >= 4 is 11.6 Å². The number of nitrogens with one attached hydrogen (secondary N) is 2. The quantitative estimate of drug-likeness (QED) is 0.678. The number of likely N-dealkylation sites (tertiary alicyclic amines) is 1. The molecular formula is C23H25FN4O. The standard InChI is InChI=1S/C23H25FN4O/c1-16-13-25-22(26-16)15-28-11-3-5-19(14-28)23(29)27-21-9-7-17(8-10-21)18-4-2-6-20(24)12-18/h2,4,6-10,12-13,19H,3,5,11,14-15H2,1H3,(H,25,26)(H,27,29)/t19-/m1/s1. The maximum absolute atomic E-state index is 13.4. The van der Waals surface area contributed by atoms with Crippen LogP contribution in [0, 0.1) is 18.7 Å². The van der Waals surface area contributed by atoms with E-state index in [1.54, 1.807) is 6.07 Å². The Morgan fingerprint density at radius 3 is 2.79 bits per heavy atom. The van der Waals surface area contributed by atoms with Crippen molar-refractivity contribution in [2.24, 2.45) is 5.92 Å². The van der Waals surface area contributed by atoms with Crippen molar-refractivity contribution in [1.29, 1.82) is 0 Å². The molecule has 0 radical (unpaired) electrons. The highest BCUT2D eigenvalue weighted by Gasteiger charge is 2.26. The van der Waals surface area contributed by atoms with Gasteiger partial charge in [-0.2, -0.15) is 0 Å². The van der Waals surface area contributed by atoms with E-state index in [9.17, 15) is 9.18 Å². The van der Waals surface area contributed by atoms with E-state index < -0.39 is 0 Å². The van der Waals surface area contributed by atoms with E-state index in [1.807, 2.05) is 43.5 Å². The van der Waals surface area contributed by atoms with Crippen LogP contribution in [-0.4, -0.2) is 33.9 Å². The number of aromatic nitrogens is 2. The van der Waals surface area contributed by atoms with Crippen LogP contribution < -0.4 is 5.32 Å². The topological polar surface area (TPSA) is 61.0 Å². The number of nitrogens with zero attached hydrogens (tertiary/aromatic N) is 2. The number of anilines is 1. The second-order valence-electron chi connectivity index (χ2n) is 7.66. The van der Waals surface area contributed by atoms with Crippen molar-refractivity contribution in [2.75, 3.05) is 18.4 Å². The van der Waals surface area contributed by atoms with Crippen LogP contribution in [0.25, 0.3) is 11.1 Å². The van der Waals surface area contributed by atoms with E-state index >= 15 is 0 Å². The molecule has 1 aliphatic rings. The Morgan fingerprint density at radius 2 is 2.07 bits per heavy atom. The summed E-state index contributed by atoms with van der Waals surface area (Å²) in [5, 5.41) is 3.03. The van der Waals surface area contributed by atoms with Gasteiger partial charge in [0.15, 0.2) is 0 Å². The number of halogens is 1. The van der Waals surface area contributed by atoms with Crippen molar-refractivity contribution in [2.45, 2.75) is 26.3 Å². The predicted molar refractivity (Wildman–Crippen MR) is 112 cm³/mol. The van der Waals surface area contributed by atoms with Gasteiger partial charge in [-0.25, -0.2) is 9.37 Å². The molecule has 4 rings (SSSR count). The van der Waals surface area contributed by atoms with E-state index in [0.29, 0.717) is 0 Å². The molecule has 0 aliphatic carbocycles. The molecule has 5 nitrogen and oxygen atoms in total. The molecule has 2 aromatic carbocycles. The van der Waals surface area contributed by atoms with Gasteiger partial charge in [0.2, 0.25) is 5.91 Å². The van der Waals surface area contributed by atoms with Crippen LogP contribution in [0.5, 0.6) is 0 Å². The van der Waals surface area contributed by atoms with Crippen LogP contribution >= 0.6 is 0 Å². The Labute approximate surface area is 170 Å². The minimum absolute atomic E-state index is 0.0392. The first-order valence-corrected chi connectivity index (χ1v) is 9.96. The fourth-order valence-electron chi connectivity index (χ4n) is 3.83. The molecule has 1 aromatic heterocycles. The largest absolute Gasteiger partial charge is 0.345 e. The summed E-state index contributed by atoms with van der Waals surface area (Å²) in [4.78, 5) is 22.7. The lowest BCUT2D eigenvalue weighted by Crippen LogP contribution is -2.40. The minimum atomic E-state index is -0.258. The third-order valence-electron chi connectivity index (χ3n) is 5.32. The zero-order valence-electron chi connectivity index (χ0n) is 16.5. The van der Waals surface area contributed by atoms with Crippen LogP contribution in [0.3, 0.4) is 0 Å². The molecule has 150 valence electrons. The molecule has 2 N–H and O–H groups in total. The van der Waals surface area contributed by atoms with E-state index in [-0.39, 0.29) is 17.6 Å². The molecule has 6 heteroatoms. The number of aryl methyl sites for hydroxylation is 1. The summed E-state index contributed by atoms with van der Waals surface area (Å²) in [6.45, 7) is 4.43. The van der Waals surface area contributed by atoms with E-state index in [2.05, 4.69) is 20.2 Å². The second-order valence-corrected chi connectivity index (χ2v) is 7.66. The van der Waals surface area contributed by atoms with Crippen molar-refractivity contribution in [1.82, 2.24) is 14.9 Å². The summed E-state index contributed by atoms with van der Waals surface area (Å²) in [6, 6.07) is 14.0. The minimum Gasteiger partial charge on any atom is -0.345 e. The Morgan fingerprint density at radius 1 is 1.24 bits per heavy atom. The molecule has 1 amide bonds. The first kappa shape index (κ1) is 19.3. The Bertz CT molecular complexity index is 983. The number of hydrogen-bond acceptors (Lipinski definition) is 3. The summed E-state index contributed by atoms with van der Waals surface area (Å²) in [5.41, 5.74) is 3.54. The number of imidazole rings is 1. The molecule has 0 saturated carbocycles. The molecule has 1 saturated heterocycles. The van der Waals surface area contributed by atoms with Gasteiger partial charge in [0.25, 0.3) is 0 Å². The van der Waals surface area contributed by atoms with Crippen LogP contribution in [-0.2, 0) is 11.3 Å². The van der Waals surface area contributed by atoms with E-state index in [1.165, 1.54) is 12.1 Å². The van der Waals surface area contributed by atoms with Crippen molar-refractivity contribution in [3.05, 3.63) is 72.1 Å². The van der Waals surface area contributed by atoms with E-state index in [0.717, 1.165) is 60.8 Å².